The Morgan fingerprint density at radius 1 is 1.43 bits per heavy atom. The summed E-state index contributed by atoms with van der Waals surface area (Å²) in [6, 6.07) is 5.80. The Morgan fingerprint density at radius 2 is 2.00 bits per heavy atom. The second-order valence-electron chi connectivity index (χ2n) is 6.18. The summed E-state index contributed by atoms with van der Waals surface area (Å²) in [5, 5.41) is 0. The molecule has 1 aromatic carbocycles. The third-order valence-corrected chi connectivity index (χ3v) is 4.73. The summed E-state index contributed by atoms with van der Waals surface area (Å²) < 4.78 is 18.6. The van der Waals surface area contributed by atoms with Crippen LogP contribution in [0.1, 0.15) is 27.2 Å². The highest BCUT2D eigenvalue weighted by Gasteiger charge is 2.63. The molecule has 1 aromatic rings. The molecule has 5 heteroatoms. The van der Waals surface area contributed by atoms with Crippen molar-refractivity contribution < 1.29 is 13.9 Å². The normalized spacial score (nSPS) is 27.0. The molecule has 2 N–H and O–H groups in total. The second kappa shape index (κ2) is 5.39. The van der Waals surface area contributed by atoms with E-state index in [1.807, 2.05) is 20.8 Å². The van der Waals surface area contributed by atoms with E-state index >= 15 is 0 Å². The number of rotatable bonds is 4. The highest BCUT2D eigenvalue weighted by Crippen LogP contribution is 2.50. The van der Waals surface area contributed by atoms with Gasteiger partial charge in [0.2, 0.25) is 5.91 Å². The number of carbonyl (C=O) groups excluding carboxylic acids is 1. The predicted molar refractivity (Wildman–Crippen MR) is 80.5 cm³/mol. The zero-order chi connectivity index (χ0) is 15.8. The number of likely N-dealkylation sites (N-methyl/N-ethyl adjacent to an activating group) is 1. The van der Waals surface area contributed by atoms with E-state index in [0.717, 1.165) is 0 Å². The van der Waals surface area contributed by atoms with Crippen LogP contribution < -0.4 is 10.6 Å². The number of benzene rings is 1. The second-order valence-corrected chi connectivity index (χ2v) is 6.18. The molecule has 1 aliphatic rings. The molecule has 116 valence electrons. The zero-order valence-corrected chi connectivity index (χ0v) is 13.0. The van der Waals surface area contributed by atoms with E-state index in [4.69, 9.17) is 10.5 Å². The number of nitrogens with zero attached hydrogens (tertiary/aromatic N) is 1. The van der Waals surface area contributed by atoms with Gasteiger partial charge in [0.1, 0.15) is 11.4 Å². The Bertz CT molecular complexity index is 530. The summed E-state index contributed by atoms with van der Waals surface area (Å²) in [5.74, 6) is -0.502. The number of halogens is 1. The van der Waals surface area contributed by atoms with Gasteiger partial charge in [-0.3, -0.25) is 4.79 Å². The van der Waals surface area contributed by atoms with E-state index in [1.54, 1.807) is 19.2 Å². The van der Waals surface area contributed by atoms with Crippen LogP contribution in [0.15, 0.2) is 24.3 Å². The number of hydrogen-bond acceptors (Lipinski definition) is 3. The maximum absolute atomic E-state index is 13.0. The van der Waals surface area contributed by atoms with Gasteiger partial charge in [0.15, 0.2) is 0 Å². The summed E-state index contributed by atoms with van der Waals surface area (Å²) in [5.41, 5.74) is 5.60. The van der Waals surface area contributed by atoms with Crippen LogP contribution in [-0.2, 0) is 9.53 Å². The van der Waals surface area contributed by atoms with Crippen LogP contribution in [0.25, 0.3) is 0 Å². The number of hydrogen-bond donors (Lipinski definition) is 1. The van der Waals surface area contributed by atoms with Gasteiger partial charge in [0, 0.05) is 31.2 Å². The maximum atomic E-state index is 13.0. The van der Waals surface area contributed by atoms with Gasteiger partial charge >= 0.3 is 0 Å². The minimum atomic E-state index is -0.962. The summed E-state index contributed by atoms with van der Waals surface area (Å²) in [6.45, 7) is 6.44. The summed E-state index contributed by atoms with van der Waals surface area (Å²) >= 11 is 0. The van der Waals surface area contributed by atoms with Crippen molar-refractivity contribution in [2.24, 2.45) is 11.1 Å². The highest BCUT2D eigenvalue weighted by molar-refractivity contribution is 6.01. The molecule has 1 amide bonds. The fourth-order valence-electron chi connectivity index (χ4n) is 2.88. The van der Waals surface area contributed by atoms with Crippen molar-refractivity contribution in [1.29, 1.82) is 0 Å². The fourth-order valence-corrected chi connectivity index (χ4v) is 2.88. The third-order valence-electron chi connectivity index (χ3n) is 4.73. The van der Waals surface area contributed by atoms with Crippen LogP contribution >= 0.6 is 0 Å². The molecule has 0 aliphatic heterocycles. The van der Waals surface area contributed by atoms with Gasteiger partial charge in [0.25, 0.3) is 0 Å². The lowest BCUT2D eigenvalue weighted by Crippen LogP contribution is -2.75. The molecule has 0 aromatic heterocycles. The lowest BCUT2D eigenvalue weighted by Gasteiger charge is -2.58. The Hall–Kier alpha value is -1.46. The average molecular weight is 294 g/mol. The van der Waals surface area contributed by atoms with E-state index in [1.165, 1.54) is 17.0 Å². The monoisotopic (exact) mass is 294 g/mol. The van der Waals surface area contributed by atoms with Crippen LogP contribution in [0.2, 0.25) is 0 Å². The lowest BCUT2D eigenvalue weighted by molar-refractivity contribution is -0.168. The first-order chi connectivity index (χ1) is 9.74. The van der Waals surface area contributed by atoms with Gasteiger partial charge in [-0.1, -0.05) is 13.8 Å². The van der Waals surface area contributed by atoms with Gasteiger partial charge in [-0.2, -0.15) is 0 Å². The zero-order valence-electron chi connectivity index (χ0n) is 13.0. The van der Waals surface area contributed by atoms with Gasteiger partial charge in [-0.15, -0.1) is 0 Å². The molecular formula is C16H23FN2O2. The summed E-state index contributed by atoms with van der Waals surface area (Å²) in [7, 11) is 1.66. The van der Waals surface area contributed by atoms with Gasteiger partial charge in [0.05, 0.1) is 6.10 Å². The molecule has 1 saturated carbocycles. The van der Waals surface area contributed by atoms with Crippen LogP contribution in [-0.4, -0.2) is 31.2 Å². The molecule has 2 unspecified atom stereocenters. The predicted octanol–water partition coefficient (Wildman–Crippen LogP) is 2.32. The number of anilines is 1. The molecule has 1 aliphatic carbocycles. The van der Waals surface area contributed by atoms with Crippen molar-refractivity contribution in [2.75, 3.05) is 18.6 Å². The van der Waals surface area contributed by atoms with Crippen LogP contribution in [0.4, 0.5) is 10.1 Å². The van der Waals surface area contributed by atoms with Crippen LogP contribution in [0.3, 0.4) is 0 Å². The molecule has 21 heavy (non-hydrogen) atoms. The van der Waals surface area contributed by atoms with Crippen LogP contribution in [0, 0.1) is 11.2 Å². The molecule has 0 spiro atoms. The van der Waals surface area contributed by atoms with E-state index < -0.39 is 11.0 Å². The van der Waals surface area contributed by atoms with E-state index in [2.05, 4.69) is 0 Å². The SMILES string of the molecule is CCOC1CC(N)(C(=O)N(C)c2ccc(F)cc2)C1(C)C. The number of amides is 1. The Balaban J connectivity index is 2.18. The molecule has 0 saturated heterocycles. The largest absolute Gasteiger partial charge is 0.378 e. The van der Waals surface area contributed by atoms with E-state index in [0.29, 0.717) is 18.7 Å². The third kappa shape index (κ3) is 2.45. The first kappa shape index (κ1) is 15.9. The molecule has 0 heterocycles. The minimum absolute atomic E-state index is 0.0157. The van der Waals surface area contributed by atoms with Crippen LogP contribution in [0.5, 0.6) is 0 Å². The molecule has 1 fully saturated rings. The molecule has 0 radical (unpaired) electrons. The first-order valence-electron chi connectivity index (χ1n) is 7.18. The maximum Gasteiger partial charge on any atom is 0.247 e. The molecule has 4 nitrogen and oxygen atoms in total. The molecule has 2 rings (SSSR count). The lowest BCUT2D eigenvalue weighted by atomic mass is 9.54. The quantitative estimate of drug-likeness (QED) is 0.927. The van der Waals surface area contributed by atoms with Crippen molar-refractivity contribution in [3.05, 3.63) is 30.1 Å². The topological polar surface area (TPSA) is 55.6 Å². The highest BCUT2D eigenvalue weighted by atomic mass is 19.1. The number of nitrogens with two attached hydrogens (primary N) is 1. The molecule has 2 atom stereocenters. The Labute approximate surface area is 125 Å². The standard InChI is InChI=1S/C16H23FN2O2/c1-5-21-13-10-16(18,15(13,2)3)14(20)19(4)12-8-6-11(17)7-9-12/h6-9,13H,5,10,18H2,1-4H3. The Kier molecular flexibility index (Phi) is 4.08. The Morgan fingerprint density at radius 3 is 2.48 bits per heavy atom. The van der Waals surface area contributed by atoms with Gasteiger partial charge in [-0.05, 0) is 31.2 Å². The summed E-state index contributed by atoms with van der Waals surface area (Å²) in [4.78, 5) is 14.2. The molecule has 0 bridgehead atoms. The summed E-state index contributed by atoms with van der Waals surface area (Å²) in [6.07, 6.45) is 0.483. The van der Waals surface area contributed by atoms with E-state index in [-0.39, 0.29) is 17.8 Å². The number of ether oxygens (including phenoxy) is 1. The van der Waals surface area contributed by atoms with Crippen molar-refractivity contribution in [3.63, 3.8) is 0 Å². The smallest absolute Gasteiger partial charge is 0.247 e. The average Bonchev–Trinajstić information content (AvgIpc) is 2.46. The van der Waals surface area contributed by atoms with Gasteiger partial charge < -0.3 is 15.4 Å². The van der Waals surface area contributed by atoms with Gasteiger partial charge in [-0.25, -0.2) is 4.39 Å². The fraction of sp³-hybridized carbons (Fsp3) is 0.562. The van der Waals surface area contributed by atoms with Crippen molar-refractivity contribution >= 4 is 11.6 Å². The van der Waals surface area contributed by atoms with Crippen molar-refractivity contribution in [1.82, 2.24) is 0 Å². The number of carbonyl (C=O) groups is 1. The van der Waals surface area contributed by atoms with Crippen molar-refractivity contribution in [2.45, 2.75) is 38.8 Å². The van der Waals surface area contributed by atoms with E-state index in [9.17, 15) is 9.18 Å². The minimum Gasteiger partial charge on any atom is -0.378 e. The first-order valence-corrected chi connectivity index (χ1v) is 7.18. The molecular weight excluding hydrogens is 271 g/mol. The van der Waals surface area contributed by atoms with Crippen molar-refractivity contribution in [3.8, 4) is 0 Å².